The molecule has 0 amide bonds. The summed E-state index contributed by atoms with van der Waals surface area (Å²) in [6, 6.07) is 6.22. The average Bonchev–Trinajstić information content (AvgIpc) is 2.66. The highest BCUT2D eigenvalue weighted by atomic mass is 32.1. The van der Waals surface area contributed by atoms with E-state index in [1.165, 1.54) is 11.1 Å². The molecule has 0 saturated heterocycles. The molecule has 1 N–H and O–H groups in total. The fraction of sp³-hybridized carbons (Fsp3) is 0.533. The van der Waals surface area contributed by atoms with E-state index in [0.717, 1.165) is 29.9 Å². The Balaban J connectivity index is 2.04. The van der Waals surface area contributed by atoms with E-state index in [2.05, 4.69) is 42.5 Å². The molecule has 4 heteroatoms. The molecule has 0 unspecified atom stereocenters. The summed E-state index contributed by atoms with van der Waals surface area (Å²) in [6.45, 7) is 8.88. The molecule has 0 spiro atoms. The lowest BCUT2D eigenvalue weighted by molar-refractivity contribution is 0.116. The van der Waals surface area contributed by atoms with Crippen molar-refractivity contribution >= 4 is 23.3 Å². The number of H-pyrrole nitrogens is 1. The van der Waals surface area contributed by atoms with Crippen LogP contribution >= 0.6 is 12.2 Å². The predicted molar refractivity (Wildman–Crippen MR) is 82.1 cm³/mol. The number of rotatable bonds is 6. The molecule has 2 aromatic rings. The van der Waals surface area contributed by atoms with Crippen LogP contribution in [-0.4, -0.2) is 22.8 Å². The second kappa shape index (κ2) is 6.35. The monoisotopic (exact) mass is 278 g/mol. The first-order chi connectivity index (χ1) is 9.09. The van der Waals surface area contributed by atoms with Crippen molar-refractivity contribution in [2.45, 2.75) is 33.7 Å². The van der Waals surface area contributed by atoms with Crippen molar-refractivity contribution < 1.29 is 4.74 Å². The van der Waals surface area contributed by atoms with Crippen LogP contribution in [0.4, 0.5) is 0 Å². The molecule has 1 aromatic carbocycles. The van der Waals surface area contributed by atoms with Gasteiger partial charge in [0.1, 0.15) is 0 Å². The first-order valence-corrected chi connectivity index (χ1v) is 7.26. The number of ether oxygens (including phenoxy) is 1. The number of benzene rings is 1. The topological polar surface area (TPSA) is 29.9 Å². The van der Waals surface area contributed by atoms with E-state index in [0.29, 0.717) is 12.5 Å². The fourth-order valence-electron chi connectivity index (χ4n) is 2.19. The fourth-order valence-corrected chi connectivity index (χ4v) is 2.49. The minimum Gasteiger partial charge on any atom is -0.380 e. The molecule has 0 radical (unpaired) electrons. The normalized spacial score (nSPS) is 11.6. The van der Waals surface area contributed by atoms with E-state index in [4.69, 9.17) is 17.0 Å². The third-order valence-electron chi connectivity index (χ3n) is 3.29. The summed E-state index contributed by atoms with van der Waals surface area (Å²) >= 11 is 5.38. The van der Waals surface area contributed by atoms with Crippen LogP contribution in [0, 0.1) is 17.6 Å². The summed E-state index contributed by atoms with van der Waals surface area (Å²) in [7, 11) is 0. The predicted octanol–water partition coefficient (Wildman–Crippen LogP) is 4.07. The van der Waals surface area contributed by atoms with Crippen molar-refractivity contribution in [1.82, 2.24) is 9.55 Å². The highest BCUT2D eigenvalue weighted by molar-refractivity contribution is 7.71. The molecule has 0 aliphatic rings. The van der Waals surface area contributed by atoms with Crippen molar-refractivity contribution in [3.05, 3.63) is 28.5 Å². The summed E-state index contributed by atoms with van der Waals surface area (Å²) in [5, 5.41) is 0. The Labute approximate surface area is 119 Å². The van der Waals surface area contributed by atoms with E-state index in [-0.39, 0.29) is 0 Å². The van der Waals surface area contributed by atoms with Crippen LogP contribution < -0.4 is 0 Å². The number of nitrogens with zero attached hydrogens (tertiary/aromatic N) is 1. The number of nitrogens with one attached hydrogen (secondary N) is 1. The van der Waals surface area contributed by atoms with E-state index in [9.17, 15) is 0 Å². The minimum atomic E-state index is 0.692. The van der Waals surface area contributed by atoms with Crippen LogP contribution in [0.5, 0.6) is 0 Å². The standard InChI is InChI=1S/C15H22N2OS/c1-11(2)7-9-18-10-8-17-14-12(3)5-4-6-13(14)16-15(17)19/h4-6,11H,7-10H2,1-3H3,(H,16,19). The molecular weight excluding hydrogens is 256 g/mol. The lowest BCUT2D eigenvalue weighted by atomic mass is 10.1. The first-order valence-electron chi connectivity index (χ1n) is 6.85. The number of aromatic amines is 1. The van der Waals surface area contributed by atoms with E-state index < -0.39 is 0 Å². The zero-order valence-electron chi connectivity index (χ0n) is 11.9. The number of para-hydroxylation sites is 1. The van der Waals surface area contributed by atoms with Crippen molar-refractivity contribution in [1.29, 1.82) is 0 Å². The third kappa shape index (κ3) is 3.45. The van der Waals surface area contributed by atoms with Crippen LogP contribution in [0.15, 0.2) is 18.2 Å². The van der Waals surface area contributed by atoms with Gasteiger partial charge in [-0.05, 0) is 43.1 Å². The Morgan fingerprint density at radius 3 is 2.84 bits per heavy atom. The van der Waals surface area contributed by atoms with Crippen LogP contribution in [-0.2, 0) is 11.3 Å². The Kier molecular flexibility index (Phi) is 4.77. The van der Waals surface area contributed by atoms with Gasteiger partial charge in [0.15, 0.2) is 4.77 Å². The maximum absolute atomic E-state index is 5.68. The summed E-state index contributed by atoms with van der Waals surface area (Å²) < 4.78 is 8.59. The van der Waals surface area contributed by atoms with Gasteiger partial charge in [-0.15, -0.1) is 0 Å². The molecule has 19 heavy (non-hydrogen) atoms. The molecule has 0 aliphatic carbocycles. The average molecular weight is 278 g/mol. The summed E-state index contributed by atoms with van der Waals surface area (Å²) in [5.74, 6) is 0.692. The summed E-state index contributed by atoms with van der Waals surface area (Å²) in [4.78, 5) is 3.25. The number of aromatic nitrogens is 2. The van der Waals surface area contributed by atoms with Crippen molar-refractivity contribution in [2.75, 3.05) is 13.2 Å². The molecular formula is C15H22N2OS. The molecule has 0 saturated carbocycles. The van der Waals surface area contributed by atoms with Gasteiger partial charge in [0.05, 0.1) is 17.6 Å². The molecule has 1 aromatic heterocycles. The molecule has 104 valence electrons. The molecule has 0 bridgehead atoms. The van der Waals surface area contributed by atoms with Crippen LogP contribution in [0.2, 0.25) is 0 Å². The SMILES string of the molecule is Cc1cccc2[nH]c(=S)n(CCOCCC(C)C)c12. The van der Waals surface area contributed by atoms with Crippen molar-refractivity contribution in [3.8, 4) is 0 Å². The number of fused-ring (bicyclic) bond motifs is 1. The van der Waals surface area contributed by atoms with Gasteiger partial charge >= 0.3 is 0 Å². The molecule has 1 heterocycles. The summed E-state index contributed by atoms with van der Waals surface area (Å²) in [6.07, 6.45) is 1.11. The van der Waals surface area contributed by atoms with Crippen LogP contribution in [0.3, 0.4) is 0 Å². The quantitative estimate of drug-likeness (QED) is 0.637. The molecule has 0 fully saturated rings. The van der Waals surface area contributed by atoms with Gasteiger partial charge in [-0.25, -0.2) is 0 Å². The number of hydrogen-bond donors (Lipinski definition) is 1. The Morgan fingerprint density at radius 1 is 1.32 bits per heavy atom. The Morgan fingerprint density at radius 2 is 2.11 bits per heavy atom. The second-order valence-corrected chi connectivity index (χ2v) is 5.73. The number of imidazole rings is 1. The van der Waals surface area contributed by atoms with E-state index in [1.807, 2.05) is 6.07 Å². The van der Waals surface area contributed by atoms with Gasteiger partial charge < -0.3 is 14.3 Å². The molecule has 3 nitrogen and oxygen atoms in total. The van der Waals surface area contributed by atoms with Crippen molar-refractivity contribution in [3.63, 3.8) is 0 Å². The first kappa shape index (κ1) is 14.3. The maximum Gasteiger partial charge on any atom is 0.178 e. The lowest BCUT2D eigenvalue weighted by Gasteiger charge is -2.08. The minimum absolute atomic E-state index is 0.692. The van der Waals surface area contributed by atoms with Crippen molar-refractivity contribution in [2.24, 2.45) is 5.92 Å². The van der Waals surface area contributed by atoms with Gasteiger partial charge in [0, 0.05) is 13.2 Å². The number of hydrogen-bond acceptors (Lipinski definition) is 2. The maximum atomic E-state index is 5.68. The highest BCUT2D eigenvalue weighted by Crippen LogP contribution is 2.18. The van der Waals surface area contributed by atoms with Gasteiger partial charge in [-0.1, -0.05) is 26.0 Å². The summed E-state index contributed by atoms with van der Waals surface area (Å²) in [5.41, 5.74) is 3.54. The van der Waals surface area contributed by atoms with Crippen LogP contribution in [0.1, 0.15) is 25.8 Å². The molecule has 0 aliphatic heterocycles. The Hall–Kier alpha value is -1.13. The van der Waals surface area contributed by atoms with Gasteiger partial charge in [-0.3, -0.25) is 0 Å². The zero-order chi connectivity index (χ0) is 13.8. The number of aryl methyl sites for hydroxylation is 1. The second-order valence-electron chi connectivity index (χ2n) is 5.35. The third-order valence-corrected chi connectivity index (χ3v) is 3.62. The zero-order valence-corrected chi connectivity index (χ0v) is 12.7. The molecule has 0 atom stereocenters. The smallest absolute Gasteiger partial charge is 0.178 e. The Bertz CT molecular complexity index is 598. The van der Waals surface area contributed by atoms with Gasteiger partial charge in [-0.2, -0.15) is 0 Å². The van der Waals surface area contributed by atoms with Gasteiger partial charge in [0.25, 0.3) is 0 Å². The van der Waals surface area contributed by atoms with Gasteiger partial charge in [0.2, 0.25) is 0 Å². The van der Waals surface area contributed by atoms with Crippen LogP contribution in [0.25, 0.3) is 11.0 Å². The van der Waals surface area contributed by atoms with E-state index >= 15 is 0 Å². The lowest BCUT2D eigenvalue weighted by Crippen LogP contribution is -2.08. The highest BCUT2D eigenvalue weighted by Gasteiger charge is 2.06. The van der Waals surface area contributed by atoms with E-state index in [1.54, 1.807) is 0 Å². The molecule has 2 rings (SSSR count). The largest absolute Gasteiger partial charge is 0.380 e.